The number of hydrogen-bond acceptors (Lipinski definition) is 5. The van der Waals surface area contributed by atoms with Crippen LogP contribution in [0.2, 0.25) is 0 Å². The Balaban J connectivity index is 1.86. The summed E-state index contributed by atoms with van der Waals surface area (Å²) in [4.78, 5) is 59.8. The standard InChI is InChI=1S/C15H14N4O5/c16-15(24)17-6-7-1-2-8-9(5-7)14(23)19(13(8)22)10-3-4-11(20)18-12(10)21/h1-2,5,10H,3-4,6H2,(H3,16,17,24)(H,18,20,21). The molecule has 0 aromatic heterocycles. The molecule has 1 aromatic rings. The van der Waals surface area contributed by atoms with Gasteiger partial charge in [0, 0.05) is 13.0 Å². The Morgan fingerprint density at radius 1 is 1.21 bits per heavy atom. The molecule has 24 heavy (non-hydrogen) atoms. The number of primary amides is 1. The van der Waals surface area contributed by atoms with Crippen molar-refractivity contribution in [1.29, 1.82) is 0 Å². The SMILES string of the molecule is NC(=O)NCc1ccc2c(c1)C(=O)N(C1CCC(=O)NC1=O)C2=O. The molecule has 4 N–H and O–H groups in total. The van der Waals surface area contributed by atoms with Gasteiger partial charge in [-0.05, 0) is 24.1 Å². The molecule has 1 unspecified atom stereocenters. The van der Waals surface area contributed by atoms with E-state index in [4.69, 9.17) is 5.73 Å². The highest BCUT2D eigenvalue weighted by Crippen LogP contribution is 2.28. The van der Waals surface area contributed by atoms with Crippen molar-refractivity contribution in [1.82, 2.24) is 15.5 Å². The van der Waals surface area contributed by atoms with Gasteiger partial charge in [-0.2, -0.15) is 0 Å². The number of fused-ring (bicyclic) bond motifs is 1. The highest BCUT2D eigenvalue weighted by atomic mass is 16.2. The van der Waals surface area contributed by atoms with Gasteiger partial charge in [-0.3, -0.25) is 29.4 Å². The molecule has 0 aliphatic carbocycles. The Kier molecular flexibility index (Phi) is 3.76. The van der Waals surface area contributed by atoms with Crippen LogP contribution in [0.4, 0.5) is 4.79 Å². The number of piperidine rings is 1. The first-order valence-electron chi connectivity index (χ1n) is 7.26. The minimum absolute atomic E-state index is 0.0671. The second-order valence-corrected chi connectivity index (χ2v) is 5.54. The molecule has 1 fully saturated rings. The Hall–Kier alpha value is -3.23. The first-order chi connectivity index (χ1) is 11.4. The van der Waals surface area contributed by atoms with Crippen LogP contribution in [0.25, 0.3) is 0 Å². The van der Waals surface area contributed by atoms with Crippen molar-refractivity contribution in [2.75, 3.05) is 0 Å². The van der Waals surface area contributed by atoms with E-state index in [-0.39, 0.29) is 30.5 Å². The maximum atomic E-state index is 12.6. The molecular weight excluding hydrogens is 316 g/mol. The van der Waals surface area contributed by atoms with Crippen LogP contribution in [0, 0.1) is 0 Å². The summed E-state index contributed by atoms with van der Waals surface area (Å²) in [6.07, 6.45) is 0.170. The monoisotopic (exact) mass is 330 g/mol. The largest absolute Gasteiger partial charge is 0.352 e. The first-order valence-corrected chi connectivity index (χ1v) is 7.26. The Morgan fingerprint density at radius 2 is 1.92 bits per heavy atom. The maximum Gasteiger partial charge on any atom is 0.312 e. The van der Waals surface area contributed by atoms with Crippen molar-refractivity contribution < 1.29 is 24.0 Å². The van der Waals surface area contributed by atoms with Crippen LogP contribution in [-0.2, 0) is 16.1 Å². The average molecular weight is 330 g/mol. The third-order valence-corrected chi connectivity index (χ3v) is 3.97. The molecule has 9 heteroatoms. The van der Waals surface area contributed by atoms with Crippen molar-refractivity contribution in [2.45, 2.75) is 25.4 Å². The highest BCUT2D eigenvalue weighted by Gasteiger charge is 2.44. The van der Waals surface area contributed by atoms with Gasteiger partial charge < -0.3 is 11.1 Å². The molecule has 9 nitrogen and oxygen atoms in total. The summed E-state index contributed by atoms with van der Waals surface area (Å²) in [7, 11) is 0. The van der Waals surface area contributed by atoms with E-state index in [0.29, 0.717) is 5.56 Å². The van der Waals surface area contributed by atoms with Gasteiger partial charge in [-0.15, -0.1) is 0 Å². The van der Waals surface area contributed by atoms with E-state index < -0.39 is 35.7 Å². The molecule has 0 spiro atoms. The molecule has 3 rings (SSSR count). The van der Waals surface area contributed by atoms with E-state index in [1.54, 1.807) is 6.07 Å². The second-order valence-electron chi connectivity index (χ2n) is 5.54. The summed E-state index contributed by atoms with van der Waals surface area (Å²) < 4.78 is 0. The molecule has 2 aliphatic rings. The molecular formula is C15H14N4O5. The van der Waals surface area contributed by atoms with Crippen molar-refractivity contribution in [3.05, 3.63) is 34.9 Å². The molecule has 1 aromatic carbocycles. The number of nitrogens with one attached hydrogen (secondary N) is 2. The number of nitrogens with two attached hydrogens (primary N) is 1. The lowest BCUT2D eigenvalue weighted by Crippen LogP contribution is -2.54. The number of imide groups is 2. The van der Waals surface area contributed by atoms with Crippen LogP contribution in [0.3, 0.4) is 0 Å². The fourth-order valence-electron chi connectivity index (χ4n) is 2.82. The normalized spacial score (nSPS) is 20.0. The summed E-state index contributed by atoms with van der Waals surface area (Å²) in [5.41, 5.74) is 5.94. The molecule has 1 atom stereocenters. The van der Waals surface area contributed by atoms with Crippen molar-refractivity contribution >= 4 is 29.7 Å². The van der Waals surface area contributed by atoms with Gasteiger partial charge in [0.05, 0.1) is 11.1 Å². The lowest BCUT2D eigenvalue weighted by molar-refractivity contribution is -0.136. The topological polar surface area (TPSA) is 139 Å². The third-order valence-electron chi connectivity index (χ3n) is 3.97. The van der Waals surface area contributed by atoms with Gasteiger partial charge >= 0.3 is 6.03 Å². The van der Waals surface area contributed by atoms with Gasteiger partial charge in [0.2, 0.25) is 11.8 Å². The average Bonchev–Trinajstić information content (AvgIpc) is 2.77. The van der Waals surface area contributed by atoms with Crippen LogP contribution in [0.1, 0.15) is 39.1 Å². The summed E-state index contributed by atoms with van der Waals surface area (Å²) in [5.74, 6) is -2.24. The number of rotatable bonds is 3. The lowest BCUT2D eigenvalue weighted by Gasteiger charge is -2.27. The fourth-order valence-corrected chi connectivity index (χ4v) is 2.82. The number of hydrogen-bond donors (Lipinski definition) is 3. The predicted octanol–water partition coefficient (Wildman–Crippen LogP) is -0.744. The van der Waals surface area contributed by atoms with Gasteiger partial charge in [-0.1, -0.05) is 6.07 Å². The Bertz CT molecular complexity index is 788. The van der Waals surface area contributed by atoms with Crippen LogP contribution >= 0.6 is 0 Å². The van der Waals surface area contributed by atoms with Gasteiger partial charge in [0.15, 0.2) is 0 Å². The zero-order valence-electron chi connectivity index (χ0n) is 12.5. The second kappa shape index (κ2) is 5.76. The summed E-state index contributed by atoms with van der Waals surface area (Å²) in [5, 5.41) is 4.53. The molecule has 0 saturated carbocycles. The van der Waals surface area contributed by atoms with Crippen molar-refractivity contribution in [3.63, 3.8) is 0 Å². The minimum Gasteiger partial charge on any atom is -0.352 e. The van der Waals surface area contributed by atoms with E-state index in [2.05, 4.69) is 10.6 Å². The smallest absolute Gasteiger partial charge is 0.312 e. The zero-order chi connectivity index (χ0) is 17.4. The van der Waals surface area contributed by atoms with Gasteiger partial charge in [0.25, 0.3) is 11.8 Å². The highest BCUT2D eigenvalue weighted by molar-refractivity contribution is 6.23. The number of nitrogens with zero attached hydrogens (tertiary/aromatic N) is 1. The molecule has 0 bridgehead atoms. The van der Waals surface area contributed by atoms with E-state index in [0.717, 1.165) is 4.90 Å². The summed E-state index contributed by atoms with van der Waals surface area (Å²) in [6.45, 7) is 0.114. The Morgan fingerprint density at radius 3 is 2.58 bits per heavy atom. The Labute approximate surface area is 136 Å². The van der Waals surface area contributed by atoms with E-state index in [1.165, 1.54) is 12.1 Å². The van der Waals surface area contributed by atoms with E-state index in [9.17, 15) is 24.0 Å². The van der Waals surface area contributed by atoms with Crippen LogP contribution in [-0.4, -0.2) is 40.6 Å². The number of carbonyl (C=O) groups excluding carboxylic acids is 5. The number of urea groups is 1. The molecule has 6 amide bonds. The summed E-state index contributed by atoms with van der Waals surface area (Å²) >= 11 is 0. The number of amides is 6. The molecule has 2 aliphatic heterocycles. The van der Waals surface area contributed by atoms with Crippen LogP contribution in [0.5, 0.6) is 0 Å². The fraction of sp³-hybridized carbons (Fsp3) is 0.267. The van der Waals surface area contributed by atoms with Crippen LogP contribution in [0.15, 0.2) is 18.2 Å². The molecule has 124 valence electrons. The predicted molar refractivity (Wildman–Crippen MR) is 79.5 cm³/mol. The minimum atomic E-state index is -0.998. The third kappa shape index (κ3) is 2.60. The van der Waals surface area contributed by atoms with E-state index >= 15 is 0 Å². The molecule has 2 heterocycles. The number of benzene rings is 1. The van der Waals surface area contributed by atoms with Gasteiger partial charge in [0.1, 0.15) is 6.04 Å². The lowest BCUT2D eigenvalue weighted by atomic mass is 10.0. The first kappa shape index (κ1) is 15.7. The van der Waals surface area contributed by atoms with Crippen molar-refractivity contribution in [3.8, 4) is 0 Å². The van der Waals surface area contributed by atoms with Crippen molar-refractivity contribution in [2.24, 2.45) is 5.73 Å². The molecule has 0 radical (unpaired) electrons. The maximum absolute atomic E-state index is 12.6. The van der Waals surface area contributed by atoms with Gasteiger partial charge in [-0.25, -0.2) is 4.79 Å². The van der Waals surface area contributed by atoms with E-state index in [1.807, 2.05) is 0 Å². The number of carbonyl (C=O) groups is 5. The summed E-state index contributed by atoms with van der Waals surface area (Å²) in [6, 6.07) is 2.84. The van der Waals surface area contributed by atoms with Crippen LogP contribution < -0.4 is 16.4 Å². The molecule has 1 saturated heterocycles. The zero-order valence-corrected chi connectivity index (χ0v) is 12.5. The quantitative estimate of drug-likeness (QED) is 0.626.